The third kappa shape index (κ3) is 7.76. The maximum Gasteiger partial charge on any atom is 0.222 e. The van der Waals surface area contributed by atoms with Crippen LogP contribution in [0.5, 0.6) is 0 Å². The third-order valence-electron chi connectivity index (χ3n) is 2.69. The molecule has 17 heavy (non-hydrogen) atoms. The molecule has 0 bridgehead atoms. The van der Waals surface area contributed by atoms with Gasteiger partial charge in [-0.1, -0.05) is 20.8 Å². The quantitative estimate of drug-likeness (QED) is 0.701. The predicted octanol–water partition coefficient (Wildman–Crippen LogP) is 1.76. The zero-order chi connectivity index (χ0) is 13.3. The van der Waals surface area contributed by atoms with Gasteiger partial charge in [0, 0.05) is 19.5 Å². The SMILES string of the molecule is CC(C)CN(CCC#N)C(=O)CCC(C)CN. The molecule has 0 spiro atoms. The summed E-state index contributed by atoms with van der Waals surface area (Å²) >= 11 is 0. The molecule has 0 rings (SSSR count). The molecule has 0 saturated carbocycles. The Labute approximate surface area is 105 Å². The first-order chi connectivity index (χ1) is 8.01. The Morgan fingerprint density at radius 2 is 2.06 bits per heavy atom. The highest BCUT2D eigenvalue weighted by atomic mass is 16.2. The second-order valence-electron chi connectivity index (χ2n) is 5.02. The van der Waals surface area contributed by atoms with Crippen molar-refractivity contribution in [3.63, 3.8) is 0 Å². The lowest BCUT2D eigenvalue weighted by Crippen LogP contribution is -2.35. The van der Waals surface area contributed by atoms with Crippen LogP contribution in [0.25, 0.3) is 0 Å². The second-order valence-corrected chi connectivity index (χ2v) is 5.02. The van der Waals surface area contributed by atoms with Gasteiger partial charge < -0.3 is 10.6 Å². The molecule has 0 aromatic carbocycles. The molecule has 0 aliphatic rings. The minimum atomic E-state index is 0.147. The van der Waals surface area contributed by atoms with Crippen LogP contribution in [0.2, 0.25) is 0 Å². The number of rotatable bonds is 8. The minimum Gasteiger partial charge on any atom is -0.341 e. The second kappa shape index (κ2) is 9.00. The molecule has 0 aliphatic carbocycles. The molecule has 0 heterocycles. The van der Waals surface area contributed by atoms with E-state index in [0.29, 0.717) is 37.8 Å². The van der Waals surface area contributed by atoms with Gasteiger partial charge >= 0.3 is 0 Å². The van der Waals surface area contributed by atoms with E-state index in [2.05, 4.69) is 26.8 Å². The van der Waals surface area contributed by atoms with E-state index in [4.69, 9.17) is 11.0 Å². The molecule has 0 saturated heterocycles. The van der Waals surface area contributed by atoms with Gasteiger partial charge in [-0.3, -0.25) is 4.79 Å². The van der Waals surface area contributed by atoms with Crippen LogP contribution in [-0.4, -0.2) is 30.4 Å². The van der Waals surface area contributed by atoms with Gasteiger partial charge in [-0.2, -0.15) is 5.26 Å². The lowest BCUT2D eigenvalue weighted by atomic mass is 10.1. The normalized spacial score (nSPS) is 12.2. The Balaban J connectivity index is 4.17. The van der Waals surface area contributed by atoms with Gasteiger partial charge in [0.2, 0.25) is 5.91 Å². The van der Waals surface area contributed by atoms with E-state index in [-0.39, 0.29) is 5.91 Å². The molecule has 1 amide bonds. The summed E-state index contributed by atoms with van der Waals surface area (Å²) < 4.78 is 0. The van der Waals surface area contributed by atoms with Crippen molar-refractivity contribution in [2.75, 3.05) is 19.6 Å². The summed E-state index contributed by atoms with van der Waals surface area (Å²) in [6, 6.07) is 2.09. The summed E-state index contributed by atoms with van der Waals surface area (Å²) in [7, 11) is 0. The van der Waals surface area contributed by atoms with Crippen molar-refractivity contribution in [2.24, 2.45) is 17.6 Å². The summed E-state index contributed by atoms with van der Waals surface area (Å²) in [4.78, 5) is 13.8. The minimum absolute atomic E-state index is 0.147. The molecule has 0 radical (unpaired) electrons. The van der Waals surface area contributed by atoms with Gasteiger partial charge in [-0.05, 0) is 24.8 Å². The molecule has 4 heteroatoms. The topological polar surface area (TPSA) is 70.1 Å². The standard InChI is InChI=1S/C13H25N3O/c1-11(2)10-16(8-4-7-14)13(17)6-5-12(3)9-15/h11-12H,4-6,8-10,15H2,1-3H3. The van der Waals surface area contributed by atoms with Crippen molar-refractivity contribution in [3.8, 4) is 6.07 Å². The van der Waals surface area contributed by atoms with Crippen molar-refractivity contribution in [2.45, 2.75) is 40.0 Å². The molecule has 1 atom stereocenters. The van der Waals surface area contributed by atoms with E-state index in [1.165, 1.54) is 0 Å². The summed E-state index contributed by atoms with van der Waals surface area (Å²) in [6.07, 6.45) is 1.78. The number of amides is 1. The van der Waals surface area contributed by atoms with Gasteiger partial charge in [0.15, 0.2) is 0 Å². The van der Waals surface area contributed by atoms with E-state index in [0.717, 1.165) is 13.0 Å². The molecular formula is C13H25N3O. The zero-order valence-electron chi connectivity index (χ0n) is 11.3. The Kier molecular flexibility index (Phi) is 8.43. The van der Waals surface area contributed by atoms with E-state index >= 15 is 0 Å². The molecule has 98 valence electrons. The van der Waals surface area contributed by atoms with Crippen LogP contribution in [0.3, 0.4) is 0 Å². The molecule has 0 aliphatic heterocycles. The van der Waals surface area contributed by atoms with E-state index in [1.807, 2.05) is 0 Å². The zero-order valence-corrected chi connectivity index (χ0v) is 11.3. The summed E-state index contributed by atoms with van der Waals surface area (Å²) in [6.45, 7) is 8.11. The van der Waals surface area contributed by atoms with E-state index in [9.17, 15) is 4.79 Å². The Bertz CT molecular complexity index is 258. The molecule has 0 aromatic heterocycles. The highest BCUT2D eigenvalue weighted by molar-refractivity contribution is 5.76. The van der Waals surface area contributed by atoms with Gasteiger partial charge in [0.05, 0.1) is 12.5 Å². The predicted molar refractivity (Wildman–Crippen MR) is 69.1 cm³/mol. The van der Waals surface area contributed by atoms with Crippen LogP contribution < -0.4 is 5.73 Å². The molecule has 0 aromatic rings. The number of nitrogens with two attached hydrogens (primary N) is 1. The van der Waals surface area contributed by atoms with Gasteiger partial charge in [0.1, 0.15) is 0 Å². The first kappa shape index (κ1) is 15.9. The van der Waals surface area contributed by atoms with Crippen molar-refractivity contribution in [3.05, 3.63) is 0 Å². The van der Waals surface area contributed by atoms with Crippen LogP contribution in [0, 0.1) is 23.2 Å². The summed E-state index contributed by atoms with van der Waals surface area (Å²) in [5, 5.41) is 8.58. The number of nitriles is 1. The highest BCUT2D eigenvalue weighted by Gasteiger charge is 2.15. The lowest BCUT2D eigenvalue weighted by molar-refractivity contribution is -0.132. The van der Waals surface area contributed by atoms with Gasteiger partial charge in [-0.15, -0.1) is 0 Å². The smallest absolute Gasteiger partial charge is 0.222 e. The molecule has 2 N–H and O–H groups in total. The first-order valence-corrected chi connectivity index (χ1v) is 6.36. The van der Waals surface area contributed by atoms with E-state index < -0.39 is 0 Å². The first-order valence-electron chi connectivity index (χ1n) is 6.36. The summed E-state index contributed by atoms with van der Waals surface area (Å²) in [5.41, 5.74) is 5.53. The molecule has 1 unspecified atom stereocenters. The molecule has 4 nitrogen and oxygen atoms in total. The van der Waals surface area contributed by atoms with Gasteiger partial charge in [0.25, 0.3) is 0 Å². The van der Waals surface area contributed by atoms with Gasteiger partial charge in [-0.25, -0.2) is 0 Å². The molecule has 0 fully saturated rings. The summed E-state index contributed by atoms with van der Waals surface area (Å²) in [5.74, 6) is 0.967. The average Bonchev–Trinajstić information content (AvgIpc) is 2.30. The fourth-order valence-corrected chi connectivity index (χ4v) is 1.59. The Hall–Kier alpha value is -1.08. The van der Waals surface area contributed by atoms with Crippen LogP contribution in [0.1, 0.15) is 40.0 Å². The number of nitrogens with zero attached hydrogens (tertiary/aromatic N) is 2. The fourth-order valence-electron chi connectivity index (χ4n) is 1.59. The number of hydrogen-bond acceptors (Lipinski definition) is 3. The Morgan fingerprint density at radius 1 is 1.41 bits per heavy atom. The monoisotopic (exact) mass is 239 g/mol. The number of carbonyl (C=O) groups excluding carboxylic acids is 1. The lowest BCUT2D eigenvalue weighted by Gasteiger charge is -2.24. The van der Waals surface area contributed by atoms with Crippen molar-refractivity contribution in [1.29, 1.82) is 5.26 Å². The average molecular weight is 239 g/mol. The fraction of sp³-hybridized carbons (Fsp3) is 0.846. The van der Waals surface area contributed by atoms with Crippen LogP contribution in [0.4, 0.5) is 0 Å². The maximum absolute atomic E-state index is 12.0. The van der Waals surface area contributed by atoms with Crippen LogP contribution >= 0.6 is 0 Å². The molecular weight excluding hydrogens is 214 g/mol. The number of hydrogen-bond donors (Lipinski definition) is 1. The van der Waals surface area contributed by atoms with E-state index in [1.54, 1.807) is 4.90 Å². The van der Waals surface area contributed by atoms with Crippen molar-refractivity contribution < 1.29 is 4.79 Å². The Morgan fingerprint density at radius 3 is 2.53 bits per heavy atom. The highest BCUT2D eigenvalue weighted by Crippen LogP contribution is 2.08. The van der Waals surface area contributed by atoms with Crippen LogP contribution in [0.15, 0.2) is 0 Å². The number of carbonyl (C=O) groups is 1. The largest absolute Gasteiger partial charge is 0.341 e. The maximum atomic E-state index is 12.0. The van der Waals surface area contributed by atoms with Crippen molar-refractivity contribution >= 4 is 5.91 Å². The van der Waals surface area contributed by atoms with Crippen molar-refractivity contribution in [1.82, 2.24) is 4.90 Å². The third-order valence-corrected chi connectivity index (χ3v) is 2.69. The van der Waals surface area contributed by atoms with Crippen LogP contribution in [-0.2, 0) is 4.79 Å².